The summed E-state index contributed by atoms with van der Waals surface area (Å²) in [4.78, 5) is 20.8. The van der Waals surface area contributed by atoms with E-state index in [-0.39, 0.29) is 5.91 Å². The van der Waals surface area contributed by atoms with Gasteiger partial charge < -0.3 is 15.4 Å². The van der Waals surface area contributed by atoms with Crippen molar-refractivity contribution in [2.75, 3.05) is 19.0 Å². The normalized spacial score (nSPS) is 10.4. The largest absolute Gasteiger partial charge is 0.496 e. The predicted molar refractivity (Wildman–Crippen MR) is 110 cm³/mol. The van der Waals surface area contributed by atoms with Gasteiger partial charge in [-0.1, -0.05) is 36.4 Å². The molecule has 1 heterocycles. The highest BCUT2D eigenvalue weighted by atomic mass is 16.5. The third-order valence-corrected chi connectivity index (χ3v) is 4.51. The lowest BCUT2D eigenvalue weighted by molar-refractivity contribution is 0.0949. The lowest BCUT2D eigenvalue weighted by Crippen LogP contribution is -2.26. The van der Waals surface area contributed by atoms with Crippen LogP contribution < -0.4 is 15.4 Å². The molecule has 0 atom stereocenters. The van der Waals surface area contributed by atoms with E-state index in [4.69, 9.17) is 4.74 Å². The molecule has 144 valence electrons. The van der Waals surface area contributed by atoms with E-state index >= 15 is 0 Å². The molecule has 0 bridgehead atoms. The van der Waals surface area contributed by atoms with Gasteiger partial charge in [-0.15, -0.1) is 0 Å². The summed E-state index contributed by atoms with van der Waals surface area (Å²) in [6.45, 7) is 4.55. The Balaban J connectivity index is 1.64. The summed E-state index contributed by atoms with van der Waals surface area (Å²) in [5.41, 5.74) is 4.58. The Morgan fingerprint density at radius 3 is 2.54 bits per heavy atom. The Bertz CT molecular complexity index is 952. The van der Waals surface area contributed by atoms with Crippen LogP contribution >= 0.6 is 0 Å². The molecule has 3 aromatic rings. The second-order valence-electron chi connectivity index (χ2n) is 6.50. The molecule has 2 N–H and O–H groups in total. The van der Waals surface area contributed by atoms with Gasteiger partial charge in [0.2, 0.25) is 0 Å². The first-order valence-corrected chi connectivity index (χ1v) is 9.14. The van der Waals surface area contributed by atoms with Gasteiger partial charge in [0.1, 0.15) is 23.6 Å². The van der Waals surface area contributed by atoms with Crippen molar-refractivity contribution in [1.29, 1.82) is 0 Å². The highest BCUT2D eigenvalue weighted by Gasteiger charge is 2.10. The van der Waals surface area contributed by atoms with Crippen LogP contribution in [0.4, 0.5) is 11.5 Å². The van der Waals surface area contributed by atoms with Crippen LogP contribution in [0.1, 0.15) is 27.2 Å². The smallest absolute Gasteiger partial charge is 0.270 e. The number of nitrogens with zero attached hydrogens (tertiary/aromatic N) is 2. The lowest BCUT2D eigenvalue weighted by Gasteiger charge is -2.12. The highest BCUT2D eigenvalue weighted by Crippen LogP contribution is 2.23. The molecule has 2 aromatic carbocycles. The summed E-state index contributed by atoms with van der Waals surface area (Å²) in [6, 6.07) is 15.5. The number of para-hydroxylation sites is 2. The summed E-state index contributed by atoms with van der Waals surface area (Å²) < 4.78 is 5.34. The molecule has 0 aliphatic heterocycles. The van der Waals surface area contributed by atoms with Crippen LogP contribution in [0.15, 0.2) is 54.9 Å². The monoisotopic (exact) mass is 376 g/mol. The van der Waals surface area contributed by atoms with Gasteiger partial charge >= 0.3 is 0 Å². The van der Waals surface area contributed by atoms with Gasteiger partial charge in [0, 0.05) is 18.3 Å². The molecule has 0 aliphatic rings. The van der Waals surface area contributed by atoms with Crippen molar-refractivity contribution in [2.45, 2.75) is 20.3 Å². The summed E-state index contributed by atoms with van der Waals surface area (Å²) >= 11 is 0. The molecule has 0 fully saturated rings. The van der Waals surface area contributed by atoms with Crippen LogP contribution in [0.3, 0.4) is 0 Å². The van der Waals surface area contributed by atoms with Gasteiger partial charge in [-0.3, -0.25) is 4.79 Å². The van der Waals surface area contributed by atoms with Crippen molar-refractivity contribution < 1.29 is 9.53 Å². The average molecular weight is 376 g/mol. The van der Waals surface area contributed by atoms with Crippen LogP contribution in [0, 0.1) is 13.8 Å². The van der Waals surface area contributed by atoms with E-state index in [0.717, 1.165) is 28.1 Å². The van der Waals surface area contributed by atoms with E-state index in [1.165, 1.54) is 6.33 Å². The third kappa shape index (κ3) is 4.65. The van der Waals surface area contributed by atoms with Crippen LogP contribution in [0.25, 0.3) is 0 Å². The topological polar surface area (TPSA) is 76.1 Å². The standard InChI is InChI=1S/C22H24N4O2/c1-15-7-6-8-16(2)21(15)26-20-13-18(24-14-25-20)22(27)23-12-11-17-9-4-5-10-19(17)28-3/h4-10,13-14H,11-12H2,1-3H3,(H,23,27)(H,24,25,26). The van der Waals surface area contributed by atoms with E-state index in [1.54, 1.807) is 13.2 Å². The molecular weight excluding hydrogens is 352 g/mol. The van der Waals surface area contributed by atoms with E-state index in [2.05, 4.69) is 20.6 Å². The Hall–Kier alpha value is -3.41. The maximum absolute atomic E-state index is 12.5. The molecule has 0 radical (unpaired) electrons. The Labute approximate surface area is 165 Å². The van der Waals surface area contributed by atoms with E-state index in [0.29, 0.717) is 24.5 Å². The number of methoxy groups -OCH3 is 1. The second kappa shape index (κ2) is 8.99. The zero-order valence-electron chi connectivity index (χ0n) is 16.3. The molecular formula is C22H24N4O2. The number of aromatic nitrogens is 2. The minimum absolute atomic E-state index is 0.234. The van der Waals surface area contributed by atoms with E-state index < -0.39 is 0 Å². The molecule has 0 unspecified atom stereocenters. The van der Waals surface area contributed by atoms with Crippen LogP contribution in [-0.2, 0) is 6.42 Å². The molecule has 1 amide bonds. The van der Waals surface area contributed by atoms with Crippen molar-refractivity contribution in [3.05, 3.63) is 77.2 Å². The number of benzene rings is 2. The minimum atomic E-state index is -0.234. The Morgan fingerprint density at radius 1 is 1.04 bits per heavy atom. The number of carbonyl (C=O) groups excluding carboxylic acids is 1. The maximum atomic E-state index is 12.5. The molecule has 0 aliphatic carbocycles. The van der Waals surface area contributed by atoms with Gasteiger partial charge in [0.15, 0.2) is 0 Å². The van der Waals surface area contributed by atoms with Crippen molar-refractivity contribution in [3.63, 3.8) is 0 Å². The quantitative estimate of drug-likeness (QED) is 0.656. The average Bonchev–Trinajstić information content (AvgIpc) is 2.71. The van der Waals surface area contributed by atoms with Gasteiger partial charge in [0.25, 0.3) is 5.91 Å². The molecule has 6 heteroatoms. The first kappa shape index (κ1) is 19.4. The van der Waals surface area contributed by atoms with E-state index in [1.807, 2.05) is 56.3 Å². The van der Waals surface area contributed by atoms with Gasteiger partial charge in [-0.25, -0.2) is 9.97 Å². The zero-order chi connectivity index (χ0) is 19.9. The van der Waals surface area contributed by atoms with Crippen molar-refractivity contribution in [3.8, 4) is 5.75 Å². The fraction of sp³-hybridized carbons (Fsp3) is 0.227. The van der Waals surface area contributed by atoms with Crippen molar-refractivity contribution in [1.82, 2.24) is 15.3 Å². The Morgan fingerprint density at radius 2 is 1.79 bits per heavy atom. The van der Waals surface area contributed by atoms with E-state index in [9.17, 15) is 4.79 Å². The predicted octanol–water partition coefficient (Wildman–Crippen LogP) is 3.82. The van der Waals surface area contributed by atoms with Crippen molar-refractivity contribution in [2.24, 2.45) is 0 Å². The third-order valence-electron chi connectivity index (χ3n) is 4.51. The summed E-state index contributed by atoms with van der Waals surface area (Å²) in [5, 5.41) is 6.19. The number of hydrogen-bond donors (Lipinski definition) is 2. The number of nitrogens with one attached hydrogen (secondary N) is 2. The fourth-order valence-electron chi connectivity index (χ4n) is 3.00. The van der Waals surface area contributed by atoms with Gasteiger partial charge in [0.05, 0.1) is 7.11 Å². The zero-order valence-corrected chi connectivity index (χ0v) is 16.3. The maximum Gasteiger partial charge on any atom is 0.270 e. The molecule has 3 rings (SSSR count). The number of rotatable bonds is 7. The number of aryl methyl sites for hydroxylation is 2. The number of carbonyl (C=O) groups is 1. The van der Waals surface area contributed by atoms with Crippen LogP contribution in [-0.4, -0.2) is 29.5 Å². The van der Waals surface area contributed by atoms with Gasteiger partial charge in [-0.2, -0.15) is 0 Å². The van der Waals surface area contributed by atoms with Crippen LogP contribution in [0.2, 0.25) is 0 Å². The summed E-state index contributed by atoms with van der Waals surface area (Å²) in [7, 11) is 1.64. The number of anilines is 2. The molecule has 0 saturated carbocycles. The fourth-order valence-corrected chi connectivity index (χ4v) is 3.00. The van der Waals surface area contributed by atoms with Crippen molar-refractivity contribution >= 4 is 17.4 Å². The first-order chi connectivity index (χ1) is 13.6. The Kier molecular flexibility index (Phi) is 6.22. The SMILES string of the molecule is COc1ccccc1CCNC(=O)c1cc(Nc2c(C)cccc2C)ncn1. The number of amides is 1. The second-order valence-corrected chi connectivity index (χ2v) is 6.50. The number of ether oxygens (including phenoxy) is 1. The summed E-state index contributed by atoms with van der Waals surface area (Å²) in [6.07, 6.45) is 2.07. The molecule has 0 spiro atoms. The molecule has 6 nitrogen and oxygen atoms in total. The first-order valence-electron chi connectivity index (χ1n) is 9.14. The molecule has 0 saturated heterocycles. The molecule has 28 heavy (non-hydrogen) atoms. The highest BCUT2D eigenvalue weighted by molar-refractivity contribution is 5.93. The molecule has 1 aromatic heterocycles. The minimum Gasteiger partial charge on any atom is -0.496 e. The number of hydrogen-bond acceptors (Lipinski definition) is 5. The van der Waals surface area contributed by atoms with Gasteiger partial charge in [-0.05, 0) is 43.0 Å². The lowest BCUT2D eigenvalue weighted by atomic mass is 10.1. The van der Waals surface area contributed by atoms with Crippen LogP contribution in [0.5, 0.6) is 5.75 Å². The summed E-state index contributed by atoms with van der Waals surface area (Å²) in [5.74, 6) is 1.17.